The van der Waals surface area contributed by atoms with Crippen LogP contribution in [0.25, 0.3) is 10.9 Å². The highest BCUT2D eigenvalue weighted by Gasteiger charge is 2.22. The van der Waals surface area contributed by atoms with E-state index in [9.17, 15) is 9.18 Å². The molecule has 2 heterocycles. The molecule has 21 heavy (non-hydrogen) atoms. The number of nitrogens with zero attached hydrogens (tertiary/aromatic N) is 2. The highest BCUT2D eigenvalue weighted by atomic mass is 19.1. The summed E-state index contributed by atoms with van der Waals surface area (Å²) in [5.74, 6) is 4.71. The average molecular weight is 290 g/mol. The van der Waals surface area contributed by atoms with Gasteiger partial charge in [-0.2, -0.15) is 0 Å². The van der Waals surface area contributed by atoms with Crippen LogP contribution in [0.2, 0.25) is 0 Å². The summed E-state index contributed by atoms with van der Waals surface area (Å²) in [5.41, 5.74) is 5.52. The molecule has 0 radical (unpaired) electrons. The molecule has 1 aliphatic rings. The number of carbonyl (C=O) groups excluding carboxylic acids is 1. The third-order valence-corrected chi connectivity index (χ3v) is 4.13. The van der Waals surface area contributed by atoms with Crippen LogP contribution < -0.4 is 11.3 Å². The van der Waals surface area contributed by atoms with Gasteiger partial charge in [0.15, 0.2) is 0 Å². The second-order valence-electron chi connectivity index (χ2n) is 5.54. The van der Waals surface area contributed by atoms with Crippen molar-refractivity contribution < 1.29 is 9.18 Å². The van der Waals surface area contributed by atoms with Gasteiger partial charge in [0.25, 0.3) is 0 Å². The molecule has 0 saturated heterocycles. The molecule has 0 aliphatic carbocycles. The van der Waals surface area contributed by atoms with E-state index in [0.717, 1.165) is 30.4 Å². The van der Waals surface area contributed by atoms with E-state index in [2.05, 4.69) is 21.9 Å². The molecule has 0 spiro atoms. The Morgan fingerprint density at radius 1 is 1.48 bits per heavy atom. The van der Waals surface area contributed by atoms with Gasteiger partial charge in [0.2, 0.25) is 5.91 Å². The van der Waals surface area contributed by atoms with E-state index in [-0.39, 0.29) is 11.7 Å². The Balaban J connectivity index is 2.08. The lowest BCUT2D eigenvalue weighted by Crippen LogP contribution is -2.31. The molecule has 3 N–H and O–H groups in total. The van der Waals surface area contributed by atoms with E-state index in [1.165, 1.54) is 17.3 Å². The smallest absolute Gasteiger partial charge is 0.235 e. The minimum Gasteiger partial charge on any atom is -0.344 e. The topological polar surface area (TPSA) is 63.3 Å². The SMILES string of the molecule is CN1CCc2c(c3cc(F)ccc3n2CCC(=O)NN)C1. The van der Waals surface area contributed by atoms with Gasteiger partial charge in [0.1, 0.15) is 5.82 Å². The molecule has 1 aromatic carbocycles. The van der Waals surface area contributed by atoms with Gasteiger partial charge in [-0.15, -0.1) is 0 Å². The second kappa shape index (κ2) is 5.46. The van der Waals surface area contributed by atoms with E-state index >= 15 is 0 Å². The van der Waals surface area contributed by atoms with Gasteiger partial charge < -0.3 is 9.47 Å². The van der Waals surface area contributed by atoms with E-state index in [4.69, 9.17) is 5.84 Å². The first-order valence-electron chi connectivity index (χ1n) is 7.07. The third-order valence-electron chi connectivity index (χ3n) is 4.13. The number of hydrazine groups is 1. The molecule has 2 aromatic rings. The van der Waals surface area contributed by atoms with Crippen molar-refractivity contribution in [2.45, 2.75) is 25.9 Å². The summed E-state index contributed by atoms with van der Waals surface area (Å²) >= 11 is 0. The molecule has 0 saturated carbocycles. The van der Waals surface area contributed by atoms with Crippen molar-refractivity contribution in [1.29, 1.82) is 0 Å². The fourth-order valence-corrected chi connectivity index (χ4v) is 3.10. The first-order valence-corrected chi connectivity index (χ1v) is 7.07. The Hall–Kier alpha value is -1.92. The van der Waals surface area contributed by atoms with E-state index in [1.807, 2.05) is 0 Å². The highest BCUT2D eigenvalue weighted by Crippen LogP contribution is 2.31. The fraction of sp³-hybridized carbons (Fsp3) is 0.400. The van der Waals surface area contributed by atoms with Gasteiger partial charge in [0, 0.05) is 49.1 Å². The summed E-state index contributed by atoms with van der Waals surface area (Å²) in [6.07, 6.45) is 1.23. The van der Waals surface area contributed by atoms with Crippen molar-refractivity contribution >= 4 is 16.8 Å². The Bertz CT molecular complexity index is 695. The number of carbonyl (C=O) groups is 1. The molecular formula is C15H19FN4O. The molecule has 0 fully saturated rings. The van der Waals surface area contributed by atoms with Crippen LogP contribution in [0.15, 0.2) is 18.2 Å². The molecule has 112 valence electrons. The zero-order chi connectivity index (χ0) is 15.0. The monoisotopic (exact) mass is 290 g/mol. The number of likely N-dealkylation sites (N-methyl/N-ethyl adjacent to an activating group) is 1. The third kappa shape index (κ3) is 2.52. The van der Waals surface area contributed by atoms with Crippen LogP contribution in [0.1, 0.15) is 17.7 Å². The maximum Gasteiger partial charge on any atom is 0.235 e. The van der Waals surface area contributed by atoms with E-state index < -0.39 is 0 Å². The molecule has 3 rings (SSSR count). The molecule has 0 bridgehead atoms. The van der Waals surface area contributed by atoms with Crippen LogP contribution in [0.3, 0.4) is 0 Å². The largest absolute Gasteiger partial charge is 0.344 e. The number of aromatic nitrogens is 1. The van der Waals surface area contributed by atoms with Gasteiger partial charge in [-0.3, -0.25) is 10.2 Å². The number of aryl methyl sites for hydroxylation is 1. The van der Waals surface area contributed by atoms with Crippen LogP contribution in [0.4, 0.5) is 4.39 Å². The minimum atomic E-state index is -0.227. The molecule has 0 atom stereocenters. The number of rotatable bonds is 3. The van der Waals surface area contributed by atoms with Crippen molar-refractivity contribution in [3.63, 3.8) is 0 Å². The first kappa shape index (κ1) is 14.0. The zero-order valence-electron chi connectivity index (χ0n) is 12.0. The van der Waals surface area contributed by atoms with Crippen molar-refractivity contribution in [3.05, 3.63) is 35.3 Å². The number of fused-ring (bicyclic) bond motifs is 3. The van der Waals surface area contributed by atoms with Gasteiger partial charge in [-0.05, 0) is 30.8 Å². The lowest BCUT2D eigenvalue weighted by Gasteiger charge is -2.24. The number of halogens is 1. The maximum atomic E-state index is 13.6. The summed E-state index contributed by atoms with van der Waals surface area (Å²) < 4.78 is 15.7. The van der Waals surface area contributed by atoms with Gasteiger partial charge in [0.05, 0.1) is 0 Å². The molecule has 1 aliphatic heterocycles. The van der Waals surface area contributed by atoms with Crippen molar-refractivity contribution in [1.82, 2.24) is 14.9 Å². The molecule has 0 unspecified atom stereocenters. The zero-order valence-corrected chi connectivity index (χ0v) is 12.0. The van der Waals surface area contributed by atoms with Crippen molar-refractivity contribution in [2.75, 3.05) is 13.6 Å². The summed E-state index contributed by atoms with van der Waals surface area (Å²) in [5, 5.41) is 0.949. The van der Waals surface area contributed by atoms with Crippen LogP contribution in [-0.2, 0) is 24.3 Å². The van der Waals surface area contributed by atoms with Crippen molar-refractivity contribution in [3.8, 4) is 0 Å². The minimum absolute atomic E-state index is 0.194. The number of hydrogen-bond acceptors (Lipinski definition) is 3. The Kier molecular flexibility index (Phi) is 3.65. The first-order chi connectivity index (χ1) is 10.1. The summed E-state index contributed by atoms with van der Waals surface area (Å²) in [6.45, 7) is 2.34. The molecule has 6 heteroatoms. The number of nitrogens with one attached hydrogen (secondary N) is 1. The predicted molar refractivity (Wildman–Crippen MR) is 78.9 cm³/mol. The van der Waals surface area contributed by atoms with Crippen LogP contribution in [-0.4, -0.2) is 29.0 Å². The second-order valence-corrected chi connectivity index (χ2v) is 5.54. The Morgan fingerprint density at radius 2 is 2.29 bits per heavy atom. The van der Waals surface area contributed by atoms with Gasteiger partial charge in [-0.1, -0.05) is 0 Å². The van der Waals surface area contributed by atoms with Crippen LogP contribution in [0.5, 0.6) is 0 Å². The fourth-order valence-electron chi connectivity index (χ4n) is 3.10. The van der Waals surface area contributed by atoms with Gasteiger partial charge >= 0.3 is 0 Å². The quantitative estimate of drug-likeness (QED) is 0.506. The summed E-state index contributed by atoms with van der Waals surface area (Å²) in [6, 6.07) is 4.85. The Labute approximate surface area is 122 Å². The number of nitrogens with two attached hydrogens (primary N) is 1. The lowest BCUT2D eigenvalue weighted by molar-refractivity contribution is -0.121. The van der Waals surface area contributed by atoms with Crippen LogP contribution in [0, 0.1) is 5.82 Å². The normalized spacial score (nSPS) is 15.2. The number of amides is 1. The maximum absolute atomic E-state index is 13.6. The summed E-state index contributed by atoms with van der Waals surface area (Å²) in [4.78, 5) is 13.6. The number of hydrogen-bond donors (Lipinski definition) is 2. The molecular weight excluding hydrogens is 271 g/mol. The van der Waals surface area contributed by atoms with Gasteiger partial charge in [-0.25, -0.2) is 10.2 Å². The highest BCUT2D eigenvalue weighted by molar-refractivity contribution is 5.86. The average Bonchev–Trinajstić information content (AvgIpc) is 2.77. The number of benzene rings is 1. The predicted octanol–water partition coefficient (Wildman–Crippen LogP) is 1.15. The molecule has 5 nitrogen and oxygen atoms in total. The molecule has 1 aromatic heterocycles. The van der Waals surface area contributed by atoms with E-state index in [1.54, 1.807) is 12.1 Å². The molecule has 1 amide bonds. The standard InChI is InChI=1S/C15H19FN4O/c1-19-6-4-14-12(9-19)11-8-10(16)2-3-13(11)20(14)7-5-15(21)18-17/h2-3,8H,4-7,9,17H2,1H3,(H,18,21). The summed E-state index contributed by atoms with van der Waals surface area (Å²) in [7, 11) is 2.06. The van der Waals surface area contributed by atoms with Crippen molar-refractivity contribution in [2.24, 2.45) is 5.84 Å². The lowest BCUT2D eigenvalue weighted by atomic mass is 10.0. The van der Waals surface area contributed by atoms with E-state index in [0.29, 0.717) is 13.0 Å². The van der Waals surface area contributed by atoms with Crippen LogP contribution >= 0.6 is 0 Å². The Morgan fingerprint density at radius 3 is 3.05 bits per heavy atom.